The van der Waals surface area contributed by atoms with Crippen LogP contribution in [0.3, 0.4) is 0 Å². The number of carbonyl (C=O) groups is 2. The molecule has 1 aromatic carbocycles. The van der Waals surface area contributed by atoms with Gasteiger partial charge in [0, 0.05) is 27.6 Å². The summed E-state index contributed by atoms with van der Waals surface area (Å²) in [6.07, 6.45) is 2.20. The Hall–Kier alpha value is -2.20. The molecule has 0 spiro atoms. The van der Waals surface area contributed by atoms with Crippen molar-refractivity contribution in [3.8, 4) is 5.75 Å². The summed E-state index contributed by atoms with van der Waals surface area (Å²) in [6.45, 7) is 29.4. The summed E-state index contributed by atoms with van der Waals surface area (Å²) in [5.74, 6) is -3.41. The SMILES string of the molecule is CCCC(C1CC(C)(C)N(O)C(C)(C)C1)(C1CC(C)(C)N(O)C(C)(C)C1)C(Cc1cc(C(C)(C)C)c(O)c(C(C)(C)C)c1)(C(=O)O)C(=O)O. The number of phenolic OH excluding ortho intramolecular Hbond substituents is 1. The summed E-state index contributed by atoms with van der Waals surface area (Å²) in [6, 6.07) is 3.63. The Balaban J connectivity index is 2.57. The molecule has 3 rings (SSSR count). The number of hydrogen-bond donors (Lipinski definition) is 5. The first kappa shape index (κ1) is 41.2. The Kier molecular flexibility index (Phi) is 10.8. The summed E-state index contributed by atoms with van der Waals surface area (Å²) >= 11 is 0. The highest BCUT2D eigenvalue weighted by Gasteiger charge is 2.70. The number of piperidine rings is 2. The lowest BCUT2D eigenvalue weighted by atomic mass is 9.42. The maximum Gasteiger partial charge on any atom is 0.321 e. The third-order valence-electron chi connectivity index (χ3n) is 12.2. The van der Waals surface area contributed by atoms with Crippen molar-refractivity contribution < 1.29 is 35.3 Å². The highest BCUT2D eigenvalue weighted by molar-refractivity contribution is 6.00. The van der Waals surface area contributed by atoms with Gasteiger partial charge in [0.15, 0.2) is 5.41 Å². The van der Waals surface area contributed by atoms with Gasteiger partial charge in [-0.2, -0.15) is 10.1 Å². The van der Waals surface area contributed by atoms with Gasteiger partial charge in [-0.05, 0) is 133 Å². The van der Waals surface area contributed by atoms with Crippen LogP contribution in [0.25, 0.3) is 0 Å². The summed E-state index contributed by atoms with van der Waals surface area (Å²) in [4.78, 5) is 28.7. The fourth-order valence-electron chi connectivity index (χ4n) is 10.4. The monoisotopic (exact) mass is 689 g/mol. The van der Waals surface area contributed by atoms with E-state index in [4.69, 9.17) is 0 Å². The van der Waals surface area contributed by atoms with Gasteiger partial charge in [0.2, 0.25) is 0 Å². The first-order valence-corrected chi connectivity index (χ1v) is 18.2. The Morgan fingerprint density at radius 2 is 1.00 bits per heavy atom. The van der Waals surface area contributed by atoms with E-state index in [1.807, 2.05) is 116 Å². The van der Waals surface area contributed by atoms with Crippen LogP contribution >= 0.6 is 0 Å². The lowest BCUT2D eigenvalue weighted by molar-refractivity contribution is -0.288. The molecule has 2 fully saturated rings. The van der Waals surface area contributed by atoms with Crippen LogP contribution < -0.4 is 0 Å². The van der Waals surface area contributed by atoms with E-state index in [1.54, 1.807) is 0 Å². The van der Waals surface area contributed by atoms with Crippen molar-refractivity contribution >= 4 is 11.9 Å². The van der Waals surface area contributed by atoms with Gasteiger partial charge >= 0.3 is 11.9 Å². The first-order valence-electron chi connectivity index (χ1n) is 18.2. The van der Waals surface area contributed by atoms with E-state index in [-0.39, 0.29) is 12.2 Å². The molecule has 0 aromatic heterocycles. The van der Waals surface area contributed by atoms with Gasteiger partial charge in [-0.3, -0.25) is 9.59 Å². The molecule has 0 atom stereocenters. The summed E-state index contributed by atoms with van der Waals surface area (Å²) in [7, 11) is 0. The summed E-state index contributed by atoms with van der Waals surface area (Å²) in [5, 5.41) is 60.5. The third kappa shape index (κ3) is 7.03. The third-order valence-corrected chi connectivity index (χ3v) is 12.2. The lowest BCUT2D eigenvalue weighted by Crippen LogP contribution is -2.70. The van der Waals surface area contributed by atoms with Crippen LogP contribution in [0.2, 0.25) is 0 Å². The maximum atomic E-state index is 14.3. The highest BCUT2D eigenvalue weighted by atomic mass is 16.5. The predicted octanol–water partition coefficient (Wildman–Crippen LogP) is 8.79. The van der Waals surface area contributed by atoms with Gasteiger partial charge in [-0.25, -0.2) is 0 Å². The molecule has 0 aliphatic carbocycles. The van der Waals surface area contributed by atoms with Crippen molar-refractivity contribution in [1.29, 1.82) is 0 Å². The molecular formula is C40H68N2O7. The highest BCUT2D eigenvalue weighted by Crippen LogP contribution is 2.65. The number of benzene rings is 1. The molecular weight excluding hydrogens is 620 g/mol. The molecule has 9 nitrogen and oxygen atoms in total. The van der Waals surface area contributed by atoms with Crippen LogP contribution in [-0.2, 0) is 26.8 Å². The number of carboxylic acids is 2. The normalized spacial score (nSPS) is 22.6. The second-order valence-corrected chi connectivity index (χ2v) is 20.1. The van der Waals surface area contributed by atoms with E-state index in [0.29, 0.717) is 55.2 Å². The van der Waals surface area contributed by atoms with Crippen LogP contribution in [0.1, 0.15) is 159 Å². The molecule has 280 valence electrons. The van der Waals surface area contributed by atoms with Gasteiger partial charge in [0.05, 0.1) is 0 Å². The van der Waals surface area contributed by atoms with Crippen molar-refractivity contribution in [3.05, 3.63) is 28.8 Å². The number of hydrogen-bond acceptors (Lipinski definition) is 7. The number of rotatable bonds is 9. The molecule has 0 radical (unpaired) electrons. The van der Waals surface area contributed by atoms with Gasteiger partial charge in [0.25, 0.3) is 0 Å². The Morgan fingerprint density at radius 3 is 1.24 bits per heavy atom. The number of carboxylic acid groups (broad SMARTS) is 2. The second kappa shape index (κ2) is 12.8. The van der Waals surface area contributed by atoms with Crippen molar-refractivity contribution in [2.24, 2.45) is 22.7 Å². The zero-order chi connectivity index (χ0) is 38.1. The molecule has 0 bridgehead atoms. The molecule has 49 heavy (non-hydrogen) atoms. The van der Waals surface area contributed by atoms with Crippen LogP contribution in [0, 0.1) is 22.7 Å². The summed E-state index contributed by atoms with van der Waals surface area (Å²) < 4.78 is 0. The van der Waals surface area contributed by atoms with Crippen LogP contribution in [-0.4, -0.2) is 70.0 Å². The van der Waals surface area contributed by atoms with E-state index in [9.17, 15) is 35.3 Å². The van der Waals surface area contributed by atoms with E-state index < -0.39 is 67.6 Å². The molecule has 2 aliphatic heterocycles. The number of phenols is 1. The van der Waals surface area contributed by atoms with Crippen molar-refractivity contribution in [1.82, 2.24) is 10.1 Å². The van der Waals surface area contributed by atoms with Gasteiger partial charge in [-0.15, -0.1) is 0 Å². The number of aromatic hydroxyl groups is 1. The van der Waals surface area contributed by atoms with Crippen LogP contribution in [0.5, 0.6) is 5.75 Å². The standard InChI is InChI=1S/C40H68N2O7/c1-16-17-39(26-21-35(8,9)41(48)36(10,11)22-26,27-23-37(12,13)42(49)38(14,15)24-27)40(31(44)45,32(46)47)20-25-18-28(33(2,3)4)30(43)29(19-25)34(5,6)7/h18-19,26-27,43,48-49H,16-17,20-24H2,1-15H3,(H,44,45)(H,46,47). The zero-order valence-electron chi connectivity index (χ0n) is 33.2. The van der Waals surface area contributed by atoms with E-state index in [1.165, 1.54) is 10.1 Å². The van der Waals surface area contributed by atoms with Crippen molar-refractivity contribution in [3.63, 3.8) is 0 Å². The van der Waals surface area contributed by atoms with E-state index in [2.05, 4.69) is 0 Å². The van der Waals surface area contributed by atoms with Crippen LogP contribution in [0.4, 0.5) is 0 Å². The van der Waals surface area contributed by atoms with Crippen LogP contribution in [0.15, 0.2) is 12.1 Å². The minimum Gasteiger partial charge on any atom is -0.507 e. The molecule has 2 aliphatic rings. The average molecular weight is 689 g/mol. The first-order chi connectivity index (χ1) is 21.8. The molecule has 9 heteroatoms. The topological polar surface area (TPSA) is 142 Å². The Labute approximate surface area is 296 Å². The molecule has 0 saturated carbocycles. The quantitative estimate of drug-likeness (QED) is 0.161. The molecule has 2 saturated heterocycles. The van der Waals surface area contributed by atoms with E-state index >= 15 is 0 Å². The average Bonchev–Trinajstić information content (AvgIpc) is 2.90. The zero-order valence-corrected chi connectivity index (χ0v) is 33.2. The maximum absolute atomic E-state index is 14.3. The van der Waals surface area contributed by atoms with Crippen molar-refractivity contribution in [2.75, 3.05) is 0 Å². The minimum absolute atomic E-state index is 0.150. The molecule has 0 amide bonds. The summed E-state index contributed by atoms with van der Waals surface area (Å²) in [5.41, 5.74) is -5.81. The van der Waals surface area contributed by atoms with Gasteiger partial charge in [-0.1, -0.05) is 67.0 Å². The fourth-order valence-corrected chi connectivity index (χ4v) is 10.4. The lowest BCUT2D eigenvalue weighted by Gasteiger charge is -2.64. The number of nitrogens with zero attached hydrogens (tertiary/aromatic N) is 2. The van der Waals surface area contributed by atoms with Gasteiger partial charge in [0.1, 0.15) is 5.75 Å². The van der Waals surface area contributed by atoms with Gasteiger partial charge < -0.3 is 25.7 Å². The Bertz CT molecular complexity index is 1290. The number of aliphatic carboxylic acids is 2. The molecule has 0 unspecified atom stereocenters. The fraction of sp³-hybridized carbons (Fsp3) is 0.800. The molecule has 5 N–H and O–H groups in total. The predicted molar refractivity (Wildman–Crippen MR) is 193 cm³/mol. The minimum atomic E-state index is -2.28. The van der Waals surface area contributed by atoms with Crippen molar-refractivity contribution in [2.45, 2.75) is 182 Å². The largest absolute Gasteiger partial charge is 0.507 e. The number of hydroxylamine groups is 4. The molecule has 1 aromatic rings. The smallest absolute Gasteiger partial charge is 0.321 e. The second-order valence-electron chi connectivity index (χ2n) is 20.1. The molecule has 2 heterocycles. The van der Waals surface area contributed by atoms with E-state index in [0.717, 1.165) is 0 Å². The Morgan fingerprint density at radius 1 is 0.694 bits per heavy atom.